The number of hydrogen-bond acceptors (Lipinski definition) is 2. The minimum absolute atomic E-state index is 0.393. The number of rotatable bonds is 12. The van der Waals surface area contributed by atoms with Gasteiger partial charge in [0, 0.05) is 19.5 Å². The molecule has 1 aliphatic heterocycles. The Kier molecular flexibility index (Phi) is 11.4. The number of unbranched alkanes of at least 4 members (excludes halogenated alkanes) is 4. The Bertz CT molecular complexity index is 265. The van der Waals surface area contributed by atoms with Gasteiger partial charge in [-0.3, -0.25) is 4.79 Å². The molecule has 0 aromatic rings. The molecular weight excluding hydrogens is 272 g/mol. The first-order chi connectivity index (χ1) is 10.8. The summed E-state index contributed by atoms with van der Waals surface area (Å²) in [6.07, 6.45) is 13.1. The Morgan fingerprint density at radius 2 is 1.45 bits per heavy atom. The lowest BCUT2D eigenvalue weighted by Gasteiger charge is -2.27. The van der Waals surface area contributed by atoms with Crippen molar-refractivity contribution < 1.29 is 4.79 Å². The van der Waals surface area contributed by atoms with Crippen LogP contribution in [0.3, 0.4) is 0 Å². The highest BCUT2D eigenvalue weighted by atomic mass is 16.2. The van der Waals surface area contributed by atoms with E-state index in [0.29, 0.717) is 5.91 Å². The molecule has 22 heavy (non-hydrogen) atoms. The van der Waals surface area contributed by atoms with Crippen LogP contribution in [0, 0.1) is 0 Å². The molecule has 0 saturated carbocycles. The molecule has 0 N–H and O–H groups in total. The molecule has 0 radical (unpaired) electrons. The maximum atomic E-state index is 12.5. The monoisotopic (exact) mass is 310 g/mol. The van der Waals surface area contributed by atoms with E-state index < -0.39 is 0 Å². The lowest BCUT2D eigenvalue weighted by atomic mass is 10.1. The molecule has 1 rings (SSSR count). The maximum absolute atomic E-state index is 12.5. The molecule has 0 atom stereocenters. The second kappa shape index (κ2) is 12.9. The predicted octanol–water partition coefficient (Wildman–Crippen LogP) is 4.46. The molecule has 0 bridgehead atoms. The van der Waals surface area contributed by atoms with Gasteiger partial charge in [0.25, 0.3) is 0 Å². The normalized spacial score (nSPS) is 15.9. The van der Waals surface area contributed by atoms with E-state index in [1.165, 1.54) is 70.9 Å². The van der Waals surface area contributed by atoms with Crippen LogP contribution in [-0.4, -0.2) is 48.4 Å². The van der Waals surface area contributed by atoms with E-state index in [1.807, 2.05) is 0 Å². The first kappa shape index (κ1) is 19.5. The number of nitrogens with zero attached hydrogens (tertiary/aromatic N) is 2. The molecule has 0 spiro atoms. The second-order valence-corrected chi connectivity index (χ2v) is 6.80. The van der Waals surface area contributed by atoms with E-state index in [1.54, 1.807) is 0 Å². The Labute approximate surface area is 138 Å². The molecule has 0 unspecified atom stereocenters. The Morgan fingerprint density at radius 1 is 0.864 bits per heavy atom. The molecule has 1 saturated heterocycles. The molecule has 1 heterocycles. The summed E-state index contributed by atoms with van der Waals surface area (Å²) in [5.74, 6) is 0.393. The van der Waals surface area contributed by atoms with Crippen molar-refractivity contribution in [2.75, 3.05) is 32.7 Å². The first-order valence-corrected chi connectivity index (χ1v) is 9.78. The topological polar surface area (TPSA) is 23.6 Å². The molecule has 0 aromatic heterocycles. The predicted molar refractivity (Wildman–Crippen MR) is 95.2 cm³/mol. The minimum Gasteiger partial charge on any atom is -0.343 e. The smallest absolute Gasteiger partial charge is 0.222 e. The zero-order valence-electron chi connectivity index (χ0n) is 15.1. The summed E-state index contributed by atoms with van der Waals surface area (Å²) >= 11 is 0. The van der Waals surface area contributed by atoms with E-state index in [-0.39, 0.29) is 0 Å². The van der Waals surface area contributed by atoms with Crippen LogP contribution in [-0.2, 0) is 4.79 Å². The molecule has 3 nitrogen and oxygen atoms in total. The third-order valence-electron chi connectivity index (χ3n) is 4.73. The Balaban J connectivity index is 2.23. The fraction of sp³-hybridized carbons (Fsp3) is 0.947. The first-order valence-electron chi connectivity index (χ1n) is 9.78. The van der Waals surface area contributed by atoms with E-state index >= 15 is 0 Å². The fourth-order valence-corrected chi connectivity index (χ4v) is 3.26. The lowest BCUT2D eigenvalue weighted by molar-refractivity contribution is -0.131. The van der Waals surface area contributed by atoms with Gasteiger partial charge in [0.1, 0.15) is 0 Å². The number of hydrogen-bond donors (Lipinski definition) is 0. The lowest BCUT2D eigenvalue weighted by Crippen LogP contribution is -2.34. The molecule has 0 aromatic carbocycles. The van der Waals surface area contributed by atoms with Gasteiger partial charge in [-0.15, -0.1) is 0 Å². The van der Waals surface area contributed by atoms with Crippen molar-refractivity contribution in [3.8, 4) is 0 Å². The maximum Gasteiger partial charge on any atom is 0.222 e. The second-order valence-electron chi connectivity index (χ2n) is 6.80. The molecular formula is C19H38N2O. The zero-order chi connectivity index (χ0) is 16.0. The van der Waals surface area contributed by atoms with Crippen LogP contribution in [0.2, 0.25) is 0 Å². The number of carbonyl (C=O) groups excluding carboxylic acids is 1. The van der Waals surface area contributed by atoms with Gasteiger partial charge < -0.3 is 9.80 Å². The Morgan fingerprint density at radius 3 is 2.00 bits per heavy atom. The molecule has 3 heteroatoms. The Hall–Kier alpha value is -0.570. The molecule has 1 aliphatic rings. The summed E-state index contributed by atoms with van der Waals surface area (Å²) < 4.78 is 0. The van der Waals surface area contributed by atoms with Gasteiger partial charge in [0.05, 0.1) is 0 Å². The van der Waals surface area contributed by atoms with Gasteiger partial charge in [-0.25, -0.2) is 0 Å². The van der Waals surface area contributed by atoms with Crippen molar-refractivity contribution in [2.24, 2.45) is 0 Å². The van der Waals surface area contributed by atoms with Crippen LogP contribution in [0.15, 0.2) is 0 Å². The molecule has 130 valence electrons. The van der Waals surface area contributed by atoms with Crippen LogP contribution in [0.1, 0.15) is 84.5 Å². The fourth-order valence-electron chi connectivity index (χ4n) is 3.26. The third-order valence-corrected chi connectivity index (χ3v) is 4.73. The zero-order valence-corrected chi connectivity index (χ0v) is 15.1. The number of likely N-dealkylation sites (tertiary alicyclic amines) is 1. The summed E-state index contributed by atoms with van der Waals surface area (Å²) in [5.41, 5.74) is 0. The summed E-state index contributed by atoms with van der Waals surface area (Å²) in [4.78, 5) is 17.2. The summed E-state index contributed by atoms with van der Waals surface area (Å²) in [5, 5.41) is 0. The van der Waals surface area contributed by atoms with Crippen LogP contribution >= 0.6 is 0 Å². The summed E-state index contributed by atoms with van der Waals surface area (Å²) in [6.45, 7) is 9.99. The van der Waals surface area contributed by atoms with E-state index in [0.717, 1.165) is 32.5 Å². The van der Waals surface area contributed by atoms with Crippen LogP contribution < -0.4 is 0 Å². The highest BCUT2D eigenvalue weighted by molar-refractivity contribution is 5.76. The quantitative estimate of drug-likeness (QED) is 0.497. The standard InChI is InChI=1S/C19H38N2O/c1-3-5-8-17-21(18-9-6-4-2)19(22)13-12-16-20-14-10-7-11-15-20/h3-18H2,1-2H3. The highest BCUT2D eigenvalue weighted by Gasteiger charge is 2.14. The number of piperidine rings is 1. The summed E-state index contributed by atoms with van der Waals surface area (Å²) in [7, 11) is 0. The van der Waals surface area contributed by atoms with Crippen molar-refractivity contribution >= 4 is 5.91 Å². The van der Waals surface area contributed by atoms with Crippen LogP contribution in [0.4, 0.5) is 0 Å². The van der Waals surface area contributed by atoms with Gasteiger partial charge in [-0.2, -0.15) is 0 Å². The highest BCUT2D eigenvalue weighted by Crippen LogP contribution is 2.11. The number of carbonyl (C=O) groups is 1. The molecule has 1 fully saturated rings. The average Bonchev–Trinajstić information content (AvgIpc) is 2.54. The number of amides is 1. The largest absolute Gasteiger partial charge is 0.343 e. The van der Waals surface area contributed by atoms with Gasteiger partial charge in [-0.05, 0) is 51.7 Å². The molecule has 0 aliphatic carbocycles. The average molecular weight is 311 g/mol. The van der Waals surface area contributed by atoms with Crippen molar-refractivity contribution in [3.63, 3.8) is 0 Å². The van der Waals surface area contributed by atoms with E-state index in [9.17, 15) is 4.79 Å². The third kappa shape index (κ3) is 8.77. The van der Waals surface area contributed by atoms with Crippen LogP contribution in [0.5, 0.6) is 0 Å². The van der Waals surface area contributed by atoms with E-state index in [4.69, 9.17) is 0 Å². The molecule has 1 amide bonds. The van der Waals surface area contributed by atoms with Gasteiger partial charge in [0.2, 0.25) is 5.91 Å². The van der Waals surface area contributed by atoms with Gasteiger partial charge >= 0.3 is 0 Å². The SMILES string of the molecule is CCCCCN(CCCCC)C(=O)CCCN1CCCCC1. The summed E-state index contributed by atoms with van der Waals surface area (Å²) in [6, 6.07) is 0. The van der Waals surface area contributed by atoms with Gasteiger partial charge in [0.15, 0.2) is 0 Å². The van der Waals surface area contributed by atoms with Gasteiger partial charge in [-0.1, -0.05) is 46.0 Å². The van der Waals surface area contributed by atoms with Crippen LogP contribution in [0.25, 0.3) is 0 Å². The minimum atomic E-state index is 0.393. The van der Waals surface area contributed by atoms with Crippen molar-refractivity contribution in [3.05, 3.63) is 0 Å². The van der Waals surface area contributed by atoms with Crippen molar-refractivity contribution in [2.45, 2.75) is 84.5 Å². The van der Waals surface area contributed by atoms with Crippen molar-refractivity contribution in [1.82, 2.24) is 9.80 Å². The van der Waals surface area contributed by atoms with Crippen molar-refractivity contribution in [1.29, 1.82) is 0 Å². The van der Waals surface area contributed by atoms with E-state index in [2.05, 4.69) is 23.6 Å².